The van der Waals surface area contributed by atoms with Crippen LogP contribution in [0.3, 0.4) is 0 Å². The van der Waals surface area contributed by atoms with Crippen LogP contribution in [0.15, 0.2) is 18.2 Å². The SMILES string of the molecule is CN1CCCN(C(=O)Nc2cccc(OCC(F)F)n2)CC1. The first-order chi connectivity index (χ1) is 10.5. The summed E-state index contributed by atoms with van der Waals surface area (Å²) in [5.41, 5.74) is 0. The molecule has 122 valence electrons. The van der Waals surface area contributed by atoms with Crippen LogP contribution in [0.5, 0.6) is 5.88 Å². The predicted octanol–water partition coefficient (Wildman–Crippen LogP) is 1.89. The molecule has 1 aromatic heterocycles. The number of carbonyl (C=O) groups excluding carboxylic acids is 1. The van der Waals surface area contributed by atoms with Crippen LogP contribution in [-0.2, 0) is 0 Å². The van der Waals surface area contributed by atoms with E-state index in [1.54, 1.807) is 17.0 Å². The van der Waals surface area contributed by atoms with Gasteiger partial charge in [-0.05, 0) is 26.1 Å². The number of hydrogen-bond donors (Lipinski definition) is 1. The smallest absolute Gasteiger partial charge is 0.323 e. The van der Waals surface area contributed by atoms with Crippen LogP contribution in [0, 0.1) is 0 Å². The van der Waals surface area contributed by atoms with Gasteiger partial charge in [0, 0.05) is 25.7 Å². The van der Waals surface area contributed by atoms with Crippen molar-refractivity contribution >= 4 is 11.8 Å². The van der Waals surface area contributed by atoms with E-state index in [0.29, 0.717) is 13.1 Å². The number of pyridine rings is 1. The Bertz CT molecular complexity index is 501. The maximum Gasteiger partial charge on any atom is 0.323 e. The Kier molecular flexibility index (Phi) is 5.88. The summed E-state index contributed by atoms with van der Waals surface area (Å²) in [6, 6.07) is 4.42. The molecule has 0 radical (unpaired) electrons. The Morgan fingerprint density at radius 1 is 1.36 bits per heavy atom. The van der Waals surface area contributed by atoms with Gasteiger partial charge in [0.2, 0.25) is 5.88 Å². The predicted molar refractivity (Wildman–Crippen MR) is 78.4 cm³/mol. The maximum absolute atomic E-state index is 12.2. The fraction of sp³-hybridized carbons (Fsp3) is 0.571. The normalized spacial score (nSPS) is 16.5. The summed E-state index contributed by atoms with van der Waals surface area (Å²) in [5, 5.41) is 2.67. The zero-order chi connectivity index (χ0) is 15.9. The summed E-state index contributed by atoms with van der Waals surface area (Å²) in [7, 11) is 2.02. The fourth-order valence-electron chi connectivity index (χ4n) is 2.15. The van der Waals surface area contributed by atoms with Crippen LogP contribution >= 0.6 is 0 Å². The van der Waals surface area contributed by atoms with Crippen molar-refractivity contribution in [3.63, 3.8) is 0 Å². The van der Waals surface area contributed by atoms with Crippen molar-refractivity contribution in [1.29, 1.82) is 0 Å². The van der Waals surface area contributed by atoms with E-state index in [1.807, 2.05) is 7.05 Å². The van der Waals surface area contributed by atoms with Gasteiger partial charge in [-0.2, -0.15) is 4.98 Å². The number of hydrogen-bond acceptors (Lipinski definition) is 4. The van der Waals surface area contributed by atoms with E-state index in [4.69, 9.17) is 4.74 Å². The van der Waals surface area contributed by atoms with Crippen molar-refractivity contribution < 1.29 is 18.3 Å². The first kappa shape index (κ1) is 16.4. The summed E-state index contributed by atoms with van der Waals surface area (Å²) in [6.45, 7) is 2.38. The third kappa shape index (κ3) is 5.10. The van der Waals surface area contributed by atoms with Crippen molar-refractivity contribution in [2.24, 2.45) is 0 Å². The summed E-state index contributed by atoms with van der Waals surface area (Å²) in [6.07, 6.45) is -1.65. The molecule has 0 atom stereocenters. The minimum atomic E-state index is -2.56. The van der Waals surface area contributed by atoms with E-state index in [9.17, 15) is 13.6 Å². The molecule has 0 spiro atoms. The number of carbonyl (C=O) groups is 1. The molecule has 1 saturated heterocycles. The van der Waals surface area contributed by atoms with Gasteiger partial charge in [-0.25, -0.2) is 13.6 Å². The van der Waals surface area contributed by atoms with Gasteiger partial charge < -0.3 is 14.5 Å². The van der Waals surface area contributed by atoms with Crippen molar-refractivity contribution in [2.45, 2.75) is 12.8 Å². The Labute approximate surface area is 128 Å². The number of halogens is 2. The van der Waals surface area contributed by atoms with Gasteiger partial charge in [0.15, 0.2) is 6.61 Å². The third-order valence-corrected chi connectivity index (χ3v) is 3.32. The van der Waals surface area contributed by atoms with E-state index in [1.165, 1.54) is 6.07 Å². The lowest BCUT2D eigenvalue weighted by Crippen LogP contribution is -2.37. The van der Waals surface area contributed by atoms with Crippen LogP contribution < -0.4 is 10.1 Å². The number of ether oxygens (including phenoxy) is 1. The highest BCUT2D eigenvalue weighted by Gasteiger charge is 2.17. The number of nitrogens with one attached hydrogen (secondary N) is 1. The number of likely N-dealkylation sites (N-methyl/N-ethyl adjacent to an activating group) is 1. The van der Waals surface area contributed by atoms with E-state index in [-0.39, 0.29) is 17.7 Å². The second-order valence-corrected chi connectivity index (χ2v) is 5.14. The van der Waals surface area contributed by atoms with Gasteiger partial charge in [0.1, 0.15) is 5.82 Å². The van der Waals surface area contributed by atoms with Gasteiger partial charge in [-0.1, -0.05) is 6.07 Å². The lowest BCUT2D eigenvalue weighted by Gasteiger charge is -2.20. The summed E-state index contributed by atoms with van der Waals surface area (Å²) in [4.78, 5) is 20.1. The average Bonchev–Trinajstić information content (AvgIpc) is 2.70. The van der Waals surface area contributed by atoms with E-state index in [0.717, 1.165) is 19.5 Å². The van der Waals surface area contributed by atoms with Gasteiger partial charge in [-0.3, -0.25) is 5.32 Å². The summed E-state index contributed by atoms with van der Waals surface area (Å²) < 4.78 is 29.1. The van der Waals surface area contributed by atoms with E-state index in [2.05, 4.69) is 15.2 Å². The van der Waals surface area contributed by atoms with E-state index >= 15 is 0 Å². The molecule has 0 unspecified atom stereocenters. The number of aromatic nitrogens is 1. The molecular weight excluding hydrogens is 294 g/mol. The third-order valence-electron chi connectivity index (χ3n) is 3.32. The first-order valence-corrected chi connectivity index (χ1v) is 7.17. The topological polar surface area (TPSA) is 57.7 Å². The molecule has 2 amide bonds. The molecule has 0 bridgehead atoms. The standard InChI is InChI=1S/C14H20F2N4O2/c1-19-6-3-7-20(9-8-19)14(21)18-12-4-2-5-13(17-12)22-10-11(15)16/h2,4-5,11H,3,6-10H2,1H3,(H,17,18,21). The van der Waals surface area contributed by atoms with Crippen molar-refractivity contribution in [2.75, 3.05) is 45.2 Å². The number of nitrogens with zero attached hydrogens (tertiary/aromatic N) is 3. The molecular formula is C14H20F2N4O2. The van der Waals surface area contributed by atoms with Gasteiger partial charge >= 0.3 is 6.03 Å². The molecule has 1 aliphatic rings. The monoisotopic (exact) mass is 314 g/mol. The molecule has 1 aliphatic heterocycles. The van der Waals surface area contributed by atoms with Crippen LogP contribution in [0.2, 0.25) is 0 Å². The number of rotatable bonds is 4. The summed E-state index contributed by atoms with van der Waals surface area (Å²) in [5.74, 6) is 0.350. The molecule has 1 aromatic rings. The van der Waals surface area contributed by atoms with Crippen molar-refractivity contribution in [3.05, 3.63) is 18.2 Å². The second-order valence-electron chi connectivity index (χ2n) is 5.14. The molecule has 2 rings (SSSR count). The lowest BCUT2D eigenvalue weighted by atomic mass is 10.4. The molecule has 0 aromatic carbocycles. The van der Waals surface area contributed by atoms with Crippen LogP contribution in [0.4, 0.5) is 19.4 Å². The number of amides is 2. The second kappa shape index (κ2) is 7.88. The average molecular weight is 314 g/mol. The Hall–Kier alpha value is -1.96. The highest BCUT2D eigenvalue weighted by Crippen LogP contribution is 2.13. The molecule has 22 heavy (non-hydrogen) atoms. The molecule has 8 heteroatoms. The lowest BCUT2D eigenvalue weighted by molar-refractivity contribution is 0.0796. The molecule has 6 nitrogen and oxygen atoms in total. The van der Waals surface area contributed by atoms with Gasteiger partial charge in [0.25, 0.3) is 6.43 Å². The zero-order valence-electron chi connectivity index (χ0n) is 12.5. The van der Waals surface area contributed by atoms with Crippen molar-refractivity contribution in [1.82, 2.24) is 14.8 Å². The quantitative estimate of drug-likeness (QED) is 0.922. The van der Waals surface area contributed by atoms with Crippen molar-refractivity contribution in [3.8, 4) is 5.88 Å². The Balaban J connectivity index is 1.91. The van der Waals surface area contributed by atoms with Crippen LogP contribution in [0.1, 0.15) is 6.42 Å². The molecule has 1 fully saturated rings. The number of anilines is 1. The molecule has 2 heterocycles. The molecule has 0 saturated carbocycles. The zero-order valence-corrected chi connectivity index (χ0v) is 12.5. The molecule has 1 N–H and O–H groups in total. The van der Waals surface area contributed by atoms with Gasteiger partial charge in [0.05, 0.1) is 0 Å². The van der Waals surface area contributed by atoms with Crippen LogP contribution in [0.25, 0.3) is 0 Å². The van der Waals surface area contributed by atoms with Gasteiger partial charge in [-0.15, -0.1) is 0 Å². The molecule has 0 aliphatic carbocycles. The number of urea groups is 1. The largest absolute Gasteiger partial charge is 0.472 e. The summed E-state index contributed by atoms with van der Waals surface area (Å²) >= 11 is 0. The highest BCUT2D eigenvalue weighted by molar-refractivity contribution is 5.88. The minimum absolute atomic E-state index is 0.0636. The Morgan fingerprint density at radius 3 is 2.95 bits per heavy atom. The van der Waals surface area contributed by atoms with Crippen LogP contribution in [-0.4, -0.2) is 67.1 Å². The fourth-order valence-corrected chi connectivity index (χ4v) is 2.15. The van der Waals surface area contributed by atoms with E-state index < -0.39 is 13.0 Å². The highest BCUT2D eigenvalue weighted by atomic mass is 19.3. The number of alkyl halides is 2. The maximum atomic E-state index is 12.2. The Morgan fingerprint density at radius 2 is 2.18 bits per heavy atom. The first-order valence-electron chi connectivity index (χ1n) is 7.17. The minimum Gasteiger partial charge on any atom is -0.472 e.